The van der Waals surface area contributed by atoms with Crippen LogP contribution >= 0.6 is 15.9 Å². The topological polar surface area (TPSA) is 32.8 Å². The van der Waals surface area contributed by atoms with Gasteiger partial charge < -0.3 is 14.5 Å². The summed E-state index contributed by atoms with van der Waals surface area (Å²) in [6, 6.07) is 5.94. The zero-order valence-electron chi connectivity index (χ0n) is 12.2. The first kappa shape index (κ1) is 15.3. The van der Waals surface area contributed by atoms with Crippen molar-refractivity contribution in [3.8, 4) is 5.75 Å². The Bertz CT molecular complexity index is 491. The Hall–Kier alpha value is -1.07. The second-order valence-electron chi connectivity index (χ2n) is 5.36. The number of piperidine rings is 1. The standard InChI is InChI=1S/C15H21BrN2O2/c1-17(2)12-5-4-8-18(10-12)15(19)11-6-7-14(20-3)13(16)9-11/h6-7,9,12H,4-5,8,10H2,1-3H3/t12-/m0/s1. The molecule has 1 aromatic rings. The zero-order chi connectivity index (χ0) is 14.7. The number of nitrogens with zero attached hydrogens (tertiary/aromatic N) is 2. The molecule has 0 aromatic heterocycles. The van der Waals surface area contributed by atoms with E-state index in [1.165, 1.54) is 0 Å². The zero-order valence-corrected chi connectivity index (χ0v) is 13.8. The van der Waals surface area contributed by atoms with Gasteiger partial charge in [-0.25, -0.2) is 0 Å². The van der Waals surface area contributed by atoms with Gasteiger partial charge >= 0.3 is 0 Å². The number of methoxy groups -OCH3 is 1. The van der Waals surface area contributed by atoms with Crippen LogP contribution in [-0.4, -0.2) is 56.0 Å². The Morgan fingerprint density at radius 1 is 1.45 bits per heavy atom. The van der Waals surface area contributed by atoms with Gasteiger partial charge in [-0.1, -0.05) is 0 Å². The SMILES string of the molecule is COc1ccc(C(=O)N2CCC[C@H](N(C)C)C2)cc1Br. The lowest BCUT2D eigenvalue weighted by atomic mass is 10.0. The molecule has 0 saturated carbocycles. The highest BCUT2D eigenvalue weighted by molar-refractivity contribution is 9.10. The highest BCUT2D eigenvalue weighted by Crippen LogP contribution is 2.26. The van der Waals surface area contributed by atoms with E-state index < -0.39 is 0 Å². The summed E-state index contributed by atoms with van der Waals surface area (Å²) in [7, 11) is 5.76. The van der Waals surface area contributed by atoms with Crippen molar-refractivity contribution in [3.63, 3.8) is 0 Å². The van der Waals surface area contributed by atoms with Crippen LogP contribution in [0.1, 0.15) is 23.2 Å². The van der Waals surface area contributed by atoms with Crippen LogP contribution in [0.2, 0.25) is 0 Å². The lowest BCUT2D eigenvalue weighted by molar-refractivity contribution is 0.0635. The molecule has 0 N–H and O–H groups in total. The first-order chi connectivity index (χ1) is 9.52. The van der Waals surface area contributed by atoms with E-state index in [2.05, 4.69) is 34.9 Å². The van der Waals surface area contributed by atoms with Crippen molar-refractivity contribution in [1.82, 2.24) is 9.80 Å². The first-order valence-electron chi connectivity index (χ1n) is 6.82. The average Bonchev–Trinajstić information content (AvgIpc) is 2.46. The van der Waals surface area contributed by atoms with Crippen molar-refractivity contribution in [2.75, 3.05) is 34.3 Å². The average molecular weight is 341 g/mol. The predicted molar refractivity (Wildman–Crippen MR) is 83.3 cm³/mol. The molecule has 20 heavy (non-hydrogen) atoms. The Balaban J connectivity index is 2.12. The van der Waals surface area contributed by atoms with Crippen molar-refractivity contribution in [2.45, 2.75) is 18.9 Å². The smallest absolute Gasteiger partial charge is 0.253 e. The third-order valence-corrected chi connectivity index (χ3v) is 4.43. The van der Waals surface area contributed by atoms with Crippen LogP contribution in [0, 0.1) is 0 Å². The molecular weight excluding hydrogens is 320 g/mol. The maximum Gasteiger partial charge on any atom is 0.253 e. The van der Waals surface area contributed by atoms with E-state index in [1.807, 2.05) is 23.1 Å². The number of hydrogen-bond donors (Lipinski definition) is 0. The van der Waals surface area contributed by atoms with Crippen molar-refractivity contribution in [1.29, 1.82) is 0 Å². The number of halogens is 1. The minimum atomic E-state index is 0.0971. The molecule has 0 radical (unpaired) electrons. The molecule has 1 amide bonds. The maximum atomic E-state index is 12.6. The second kappa shape index (κ2) is 6.59. The van der Waals surface area contributed by atoms with E-state index in [1.54, 1.807) is 7.11 Å². The van der Waals surface area contributed by atoms with E-state index in [4.69, 9.17) is 4.74 Å². The number of amides is 1. The summed E-state index contributed by atoms with van der Waals surface area (Å²) in [4.78, 5) is 16.7. The van der Waals surface area contributed by atoms with Gasteiger partial charge in [0.25, 0.3) is 5.91 Å². The van der Waals surface area contributed by atoms with Crippen LogP contribution in [-0.2, 0) is 0 Å². The molecular formula is C15H21BrN2O2. The minimum absolute atomic E-state index is 0.0971. The molecule has 0 bridgehead atoms. The molecule has 5 heteroatoms. The van der Waals surface area contributed by atoms with Crippen LogP contribution in [0.25, 0.3) is 0 Å². The number of carbonyl (C=O) groups is 1. The molecule has 1 fully saturated rings. The van der Waals surface area contributed by atoms with Crippen molar-refractivity contribution in [2.24, 2.45) is 0 Å². The molecule has 0 unspecified atom stereocenters. The van der Waals surface area contributed by atoms with Gasteiger partial charge in [0.05, 0.1) is 11.6 Å². The largest absolute Gasteiger partial charge is 0.496 e. The fourth-order valence-corrected chi connectivity index (χ4v) is 3.08. The summed E-state index contributed by atoms with van der Waals surface area (Å²) in [5.41, 5.74) is 0.706. The minimum Gasteiger partial charge on any atom is -0.496 e. The number of rotatable bonds is 3. The van der Waals surface area contributed by atoms with Crippen molar-refractivity contribution < 1.29 is 9.53 Å². The summed E-state index contributed by atoms with van der Waals surface area (Å²) in [5, 5.41) is 0. The van der Waals surface area contributed by atoms with Crippen molar-refractivity contribution in [3.05, 3.63) is 28.2 Å². The quantitative estimate of drug-likeness (QED) is 0.847. The predicted octanol–water partition coefficient (Wildman–Crippen LogP) is 2.62. The van der Waals surface area contributed by atoms with Gasteiger partial charge in [0.2, 0.25) is 0 Å². The molecule has 0 spiro atoms. The van der Waals surface area contributed by atoms with E-state index in [-0.39, 0.29) is 5.91 Å². The fourth-order valence-electron chi connectivity index (χ4n) is 2.54. The number of likely N-dealkylation sites (tertiary alicyclic amines) is 1. The van der Waals surface area contributed by atoms with E-state index >= 15 is 0 Å². The fraction of sp³-hybridized carbons (Fsp3) is 0.533. The monoisotopic (exact) mass is 340 g/mol. The number of likely N-dealkylation sites (N-methyl/N-ethyl adjacent to an activating group) is 1. The lowest BCUT2D eigenvalue weighted by Gasteiger charge is -2.36. The number of benzene rings is 1. The normalized spacial score (nSPS) is 19.2. The Kier molecular flexibility index (Phi) is 5.05. The van der Waals surface area contributed by atoms with Crippen LogP contribution < -0.4 is 4.74 Å². The number of hydrogen-bond acceptors (Lipinski definition) is 3. The van der Waals surface area contributed by atoms with Crippen LogP contribution in [0.4, 0.5) is 0 Å². The molecule has 0 aliphatic carbocycles. The molecule has 1 aliphatic rings. The number of carbonyl (C=O) groups excluding carboxylic acids is 1. The highest BCUT2D eigenvalue weighted by atomic mass is 79.9. The molecule has 4 nitrogen and oxygen atoms in total. The summed E-state index contributed by atoms with van der Waals surface area (Å²) in [6.45, 7) is 1.64. The van der Waals surface area contributed by atoms with Gasteiger partial charge in [-0.3, -0.25) is 4.79 Å². The van der Waals surface area contributed by atoms with Gasteiger partial charge in [-0.2, -0.15) is 0 Å². The molecule has 1 heterocycles. The second-order valence-corrected chi connectivity index (χ2v) is 6.21. The van der Waals surface area contributed by atoms with Crippen LogP contribution in [0.3, 0.4) is 0 Å². The Morgan fingerprint density at radius 2 is 2.20 bits per heavy atom. The maximum absolute atomic E-state index is 12.6. The lowest BCUT2D eigenvalue weighted by Crippen LogP contribution is -2.47. The Morgan fingerprint density at radius 3 is 2.80 bits per heavy atom. The third-order valence-electron chi connectivity index (χ3n) is 3.81. The Labute approximate surface area is 128 Å². The summed E-state index contributed by atoms with van der Waals surface area (Å²) < 4.78 is 6.01. The first-order valence-corrected chi connectivity index (χ1v) is 7.61. The van der Waals surface area contributed by atoms with Gasteiger partial charge in [-0.05, 0) is 61.1 Å². The van der Waals surface area contributed by atoms with E-state index in [0.29, 0.717) is 11.6 Å². The summed E-state index contributed by atoms with van der Waals surface area (Å²) in [6.07, 6.45) is 2.22. The van der Waals surface area contributed by atoms with E-state index in [0.717, 1.165) is 36.2 Å². The van der Waals surface area contributed by atoms with Gasteiger partial charge in [-0.15, -0.1) is 0 Å². The van der Waals surface area contributed by atoms with Crippen LogP contribution in [0.5, 0.6) is 5.75 Å². The summed E-state index contributed by atoms with van der Waals surface area (Å²) in [5.74, 6) is 0.839. The van der Waals surface area contributed by atoms with Crippen molar-refractivity contribution >= 4 is 21.8 Å². The van der Waals surface area contributed by atoms with Gasteiger partial charge in [0.1, 0.15) is 5.75 Å². The van der Waals surface area contributed by atoms with Crippen LogP contribution in [0.15, 0.2) is 22.7 Å². The summed E-state index contributed by atoms with van der Waals surface area (Å²) >= 11 is 3.43. The number of ether oxygens (including phenoxy) is 1. The molecule has 1 aliphatic heterocycles. The molecule has 1 atom stereocenters. The molecule has 1 aromatic carbocycles. The van der Waals surface area contributed by atoms with Gasteiger partial charge in [0, 0.05) is 24.7 Å². The molecule has 2 rings (SSSR count). The van der Waals surface area contributed by atoms with E-state index in [9.17, 15) is 4.79 Å². The highest BCUT2D eigenvalue weighted by Gasteiger charge is 2.25. The van der Waals surface area contributed by atoms with Gasteiger partial charge in [0.15, 0.2) is 0 Å². The molecule has 110 valence electrons. The third kappa shape index (κ3) is 3.33. The molecule has 1 saturated heterocycles.